The van der Waals surface area contributed by atoms with Gasteiger partial charge in [-0.3, -0.25) is 0 Å². The number of aromatic carboxylic acids is 3. The highest BCUT2D eigenvalue weighted by atomic mass is 16.4. The predicted octanol–water partition coefficient (Wildman–Crippen LogP) is 15.8. The lowest BCUT2D eigenvalue weighted by molar-refractivity contribution is 0.0686. The summed E-state index contributed by atoms with van der Waals surface area (Å²) in [6, 6.07) is 78.2. The normalized spacial score (nSPS) is 11.0. The van der Waals surface area contributed by atoms with E-state index >= 15 is 0 Å². The van der Waals surface area contributed by atoms with Gasteiger partial charge in [-0.15, -0.1) is 0 Å². The second-order valence-corrected chi connectivity index (χ2v) is 16.9. The molecule has 0 aromatic heterocycles. The Kier molecular flexibility index (Phi) is 11.9. The van der Waals surface area contributed by atoms with Crippen LogP contribution < -0.4 is 0 Å². The monoisotopic (exact) mass is 894 g/mol. The van der Waals surface area contributed by atoms with Crippen molar-refractivity contribution in [2.45, 2.75) is 0 Å². The minimum atomic E-state index is -0.942. The van der Waals surface area contributed by atoms with Crippen LogP contribution in [0.25, 0.3) is 100 Å². The molecule has 6 nitrogen and oxygen atoms in total. The first-order valence-corrected chi connectivity index (χ1v) is 22.4. The van der Waals surface area contributed by atoms with Crippen LogP contribution in [0.1, 0.15) is 31.1 Å². The van der Waals surface area contributed by atoms with Gasteiger partial charge in [-0.1, -0.05) is 182 Å². The van der Waals surface area contributed by atoms with Crippen molar-refractivity contribution in [1.29, 1.82) is 0 Å². The third-order valence-corrected chi connectivity index (χ3v) is 12.6. The molecule has 6 heteroatoms. The Morgan fingerprint density at radius 2 is 0.275 bits per heavy atom. The Morgan fingerprint density at radius 3 is 0.391 bits per heavy atom. The zero-order valence-corrected chi connectivity index (χ0v) is 37.1. The second-order valence-electron chi connectivity index (χ2n) is 16.9. The van der Waals surface area contributed by atoms with Gasteiger partial charge in [-0.2, -0.15) is 0 Å². The van der Waals surface area contributed by atoms with Gasteiger partial charge in [0.1, 0.15) is 0 Å². The van der Waals surface area contributed by atoms with E-state index in [9.17, 15) is 29.7 Å². The van der Waals surface area contributed by atoms with E-state index in [0.717, 1.165) is 100 Å². The van der Waals surface area contributed by atoms with E-state index in [1.165, 1.54) is 0 Å². The molecule has 0 radical (unpaired) electrons. The molecule has 0 fully saturated rings. The maximum absolute atomic E-state index is 11.3. The summed E-state index contributed by atoms with van der Waals surface area (Å²) in [7, 11) is 0. The highest BCUT2D eigenvalue weighted by Crippen LogP contribution is 2.37. The summed E-state index contributed by atoms with van der Waals surface area (Å²) in [6.07, 6.45) is 0. The first-order chi connectivity index (χ1) is 33.6. The smallest absolute Gasteiger partial charge is 0.335 e. The van der Waals surface area contributed by atoms with E-state index in [4.69, 9.17) is 0 Å². The molecule has 0 spiro atoms. The molecular formula is C63H42O6. The summed E-state index contributed by atoms with van der Waals surface area (Å²) in [4.78, 5) is 34.0. The molecule has 330 valence electrons. The summed E-state index contributed by atoms with van der Waals surface area (Å²) in [5, 5.41) is 27.9. The van der Waals surface area contributed by atoms with Gasteiger partial charge < -0.3 is 15.3 Å². The summed E-state index contributed by atoms with van der Waals surface area (Å²) < 4.78 is 0. The zero-order chi connectivity index (χ0) is 47.4. The highest BCUT2D eigenvalue weighted by molar-refractivity contribution is 5.90. The Labute approximate surface area is 399 Å². The van der Waals surface area contributed by atoms with Crippen LogP contribution in [0.2, 0.25) is 0 Å². The molecule has 10 rings (SSSR count). The summed E-state index contributed by atoms with van der Waals surface area (Å²) in [6.45, 7) is 0. The van der Waals surface area contributed by atoms with Gasteiger partial charge in [0.2, 0.25) is 0 Å². The fourth-order valence-corrected chi connectivity index (χ4v) is 8.67. The molecule has 0 heterocycles. The average Bonchev–Trinajstić information content (AvgIpc) is 3.41. The number of hydrogen-bond donors (Lipinski definition) is 3. The first-order valence-electron chi connectivity index (χ1n) is 22.4. The van der Waals surface area contributed by atoms with E-state index < -0.39 is 17.9 Å². The highest BCUT2D eigenvalue weighted by Gasteiger charge is 2.12. The van der Waals surface area contributed by atoms with Crippen LogP contribution in [0.15, 0.2) is 237 Å². The number of carbonyl (C=O) groups is 3. The topological polar surface area (TPSA) is 112 Å². The molecule has 10 aromatic rings. The lowest BCUT2D eigenvalue weighted by atomic mass is 9.91. The minimum Gasteiger partial charge on any atom is -0.478 e. The Bertz CT molecular complexity index is 3080. The lowest BCUT2D eigenvalue weighted by Gasteiger charge is -2.13. The zero-order valence-electron chi connectivity index (χ0n) is 37.1. The van der Waals surface area contributed by atoms with Crippen molar-refractivity contribution in [1.82, 2.24) is 0 Å². The van der Waals surface area contributed by atoms with Gasteiger partial charge in [-0.25, -0.2) is 14.4 Å². The van der Waals surface area contributed by atoms with Gasteiger partial charge in [-0.05, 0) is 155 Å². The van der Waals surface area contributed by atoms with E-state index in [2.05, 4.69) is 164 Å². The molecule has 3 N–H and O–H groups in total. The molecule has 0 unspecified atom stereocenters. The largest absolute Gasteiger partial charge is 0.478 e. The molecule has 0 bridgehead atoms. The third kappa shape index (κ3) is 9.50. The van der Waals surface area contributed by atoms with E-state index in [1.807, 2.05) is 36.4 Å². The van der Waals surface area contributed by atoms with Crippen LogP contribution in [0, 0.1) is 0 Å². The van der Waals surface area contributed by atoms with Crippen molar-refractivity contribution in [2.24, 2.45) is 0 Å². The summed E-state index contributed by atoms with van der Waals surface area (Å²) in [5.74, 6) is -2.83. The fraction of sp³-hybridized carbons (Fsp3) is 0. The summed E-state index contributed by atoms with van der Waals surface area (Å²) in [5.41, 5.74) is 19.7. The fourth-order valence-electron chi connectivity index (χ4n) is 8.67. The van der Waals surface area contributed by atoms with Crippen LogP contribution >= 0.6 is 0 Å². The second kappa shape index (κ2) is 18.8. The Hall–Kier alpha value is -9.39. The van der Waals surface area contributed by atoms with Crippen molar-refractivity contribution in [3.05, 3.63) is 253 Å². The number of rotatable bonds is 12. The average molecular weight is 895 g/mol. The molecule has 0 amide bonds. The standard InChI is InChI=1S/C63H42O6/c64-61(65)55-31-25-49(26-32-55)43-7-1-40(2-8-43)46-13-19-52(20-14-46)58-37-59(53-21-15-47(16-22-53)41-3-9-44(10-4-41)50-27-33-56(34-28-50)62(66)67)39-60(38-58)54-23-17-48(18-24-54)42-5-11-45(12-6-42)51-29-35-57(36-30-51)63(68)69/h1-39H,(H,64,65)(H,66,67)(H,68,69). The maximum atomic E-state index is 11.3. The predicted molar refractivity (Wildman–Crippen MR) is 276 cm³/mol. The molecule has 10 aromatic carbocycles. The third-order valence-electron chi connectivity index (χ3n) is 12.6. The van der Waals surface area contributed by atoms with Gasteiger partial charge in [0.05, 0.1) is 16.7 Å². The van der Waals surface area contributed by atoms with E-state index in [-0.39, 0.29) is 16.7 Å². The molecule has 0 saturated carbocycles. The van der Waals surface area contributed by atoms with Crippen molar-refractivity contribution < 1.29 is 29.7 Å². The van der Waals surface area contributed by atoms with Crippen LogP contribution in [0.5, 0.6) is 0 Å². The molecule has 0 saturated heterocycles. The molecule has 0 aliphatic carbocycles. The SMILES string of the molecule is O=C(O)c1ccc(-c2ccc(-c3ccc(-c4cc(-c5ccc(-c6ccc(-c7ccc(C(=O)O)cc7)cc6)cc5)cc(-c5ccc(-c6ccc(-c7ccc(C(=O)O)cc7)cc6)cc5)c4)cc3)cc2)cc1. The molecule has 69 heavy (non-hydrogen) atoms. The first kappa shape index (κ1) is 43.5. The Morgan fingerprint density at radius 1 is 0.174 bits per heavy atom. The van der Waals surface area contributed by atoms with Gasteiger partial charge in [0.15, 0.2) is 0 Å². The lowest BCUT2D eigenvalue weighted by Crippen LogP contribution is -1.94. The molecular weight excluding hydrogens is 853 g/mol. The van der Waals surface area contributed by atoms with Crippen molar-refractivity contribution in [2.75, 3.05) is 0 Å². The number of carboxylic acids is 3. The van der Waals surface area contributed by atoms with Gasteiger partial charge in [0, 0.05) is 0 Å². The van der Waals surface area contributed by atoms with Crippen LogP contribution in [0.4, 0.5) is 0 Å². The number of benzene rings is 10. The van der Waals surface area contributed by atoms with Gasteiger partial charge >= 0.3 is 17.9 Å². The Balaban J connectivity index is 0.934. The minimum absolute atomic E-state index is 0.261. The maximum Gasteiger partial charge on any atom is 0.335 e. The van der Waals surface area contributed by atoms with Gasteiger partial charge in [0.25, 0.3) is 0 Å². The molecule has 0 aliphatic rings. The van der Waals surface area contributed by atoms with Crippen molar-refractivity contribution >= 4 is 17.9 Å². The number of hydrogen-bond acceptors (Lipinski definition) is 3. The van der Waals surface area contributed by atoms with Crippen molar-refractivity contribution in [3.63, 3.8) is 0 Å². The van der Waals surface area contributed by atoms with Crippen LogP contribution in [-0.4, -0.2) is 33.2 Å². The van der Waals surface area contributed by atoms with Crippen LogP contribution in [-0.2, 0) is 0 Å². The van der Waals surface area contributed by atoms with E-state index in [1.54, 1.807) is 36.4 Å². The molecule has 0 atom stereocenters. The quantitative estimate of drug-likeness (QED) is 0.113. The molecule has 0 aliphatic heterocycles. The van der Waals surface area contributed by atoms with E-state index in [0.29, 0.717) is 0 Å². The summed E-state index contributed by atoms with van der Waals surface area (Å²) >= 11 is 0. The number of carboxylic acid groups (broad SMARTS) is 3. The van der Waals surface area contributed by atoms with Crippen molar-refractivity contribution in [3.8, 4) is 100 Å². The van der Waals surface area contributed by atoms with Crippen LogP contribution in [0.3, 0.4) is 0 Å².